The molecule has 3 aromatic rings. The van der Waals surface area contributed by atoms with Crippen LogP contribution in [-0.2, 0) is 10.0 Å². The van der Waals surface area contributed by atoms with Crippen molar-refractivity contribution in [3.63, 3.8) is 0 Å². The molecule has 132 valence electrons. The van der Waals surface area contributed by atoms with Crippen LogP contribution < -0.4 is 0 Å². The van der Waals surface area contributed by atoms with E-state index in [0.717, 1.165) is 17.1 Å². The lowest BCUT2D eigenvalue weighted by molar-refractivity contribution is 0.467. The van der Waals surface area contributed by atoms with Crippen LogP contribution in [0.1, 0.15) is 23.2 Å². The number of phenols is 1. The number of phenolic OH excluding ortho intramolecular Hbond substituents is 1. The van der Waals surface area contributed by atoms with Gasteiger partial charge in [-0.1, -0.05) is 18.2 Å². The number of aromatic hydroxyl groups is 1. The molecule has 2 aliphatic rings. The molecule has 0 radical (unpaired) electrons. The van der Waals surface area contributed by atoms with Gasteiger partial charge in [0.25, 0.3) is 0 Å². The molecule has 0 bridgehead atoms. The van der Waals surface area contributed by atoms with E-state index in [-0.39, 0.29) is 22.5 Å². The van der Waals surface area contributed by atoms with Gasteiger partial charge < -0.3 is 9.67 Å². The molecule has 1 N–H and O–H groups in total. The van der Waals surface area contributed by atoms with Crippen LogP contribution in [0.3, 0.4) is 0 Å². The normalized spacial score (nSPS) is 21.8. The molecule has 0 unspecified atom stereocenters. The molecular formula is C19H17N3O3S. The summed E-state index contributed by atoms with van der Waals surface area (Å²) < 4.78 is 29.7. The van der Waals surface area contributed by atoms with Crippen LogP contribution in [0.25, 0.3) is 5.69 Å². The Bertz CT molecular complexity index is 1090. The lowest BCUT2D eigenvalue weighted by Gasteiger charge is -2.28. The highest BCUT2D eigenvalue weighted by molar-refractivity contribution is 7.89. The van der Waals surface area contributed by atoms with Crippen molar-refractivity contribution in [2.24, 2.45) is 0 Å². The van der Waals surface area contributed by atoms with Crippen molar-refractivity contribution >= 4 is 10.0 Å². The summed E-state index contributed by atoms with van der Waals surface area (Å²) in [7, 11) is -3.62. The summed E-state index contributed by atoms with van der Waals surface area (Å²) in [5.74, 6) is 1.09. The second-order valence-electron chi connectivity index (χ2n) is 6.74. The van der Waals surface area contributed by atoms with E-state index in [9.17, 15) is 13.5 Å². The SMILES string of the molecule is O=S(=O)(c1ccc(O)cc1)N1C[C@@H]2c3nccn3-c3ccccc3[C@@H]2C1. The molecule has 5 rings (SSSR count). The molecule has 26 heavy (non-hydrogen) atoms. The van der Waals surface area contributed by atoms with E-state index in [1.807, 2.05) is 24.4 Å². The number of hydrogen-bond acceptors (Lipinski definition) is 4. The van der Waals surface area contributed by atoms with E-state index < -0.39 is 10.0 Å². The first-order chi connectivity index (χ1) is 12.6. The molecule has 0 saturated carbocycles. The molecule has 1 fully saturated rings. The van der Waals surface area contributed by atoms with Crippen LogP contribution in [0, 0.1) is 0 Å². The summed E-state index contributed by atoms with van der Waals surface area (Å²) >= 11 is 0. The van der Waals surface area contributed by atoms with Crippen LogP contribution in [0.2, 0.25) is 0 Å². The molecule has 3 heterocycles. The standard InChI is InChI=1S/C19H17N3O3S/c23-13-5-7-14(8-6-13)26(24,25)21-11-16-15-3-1-2-4-18(15)22-10-9-20-19(22)17(16)12-21/h1-10,16-17,23H,11-12H2/t16-,17-/m0/s1. The number of aromatic nitrogens is 2. The van der Waals surface area contributed by atoms with Crippen LogP contribution >= 0.6 is 0 Å². The van der Waals surface area contributed by atoms with Gasteiger partial charge in [-0.05, 0) is 35.9 Å². The number of imidazole rings is 1. The van der Waals surface area contributed by atoms with Crippen LogP contribution in [0.4, 0.5) is 0 Å². The van der Waals surface area contributed by atoms with E-state index >= 15 is 0 Å². The third-order valence-electron chi connectivity index (χ3n) is 5.36. The molecule has 0 amide bonds. The van der Waals surface area contributed by atoms with Crippen molar-refractivity contribution < 1.29 is 13.5 Å². The fourth-order valence-corrected chi connectivity index (χ4v) is 5.61. The summed E-state index contributed by atoms with van der Waals surface area (Å²) in [5, 5.41) is 9.43. The lowest BCUT2D eigenvalue weighted by atomic mass is 9.84. The average Bonchev–Trinajstić information content (AvgIpc) is 3.29. The predicted molar refractivity (Wildman–Crippen MR) is 95.9 cm³/mol. The van der Waals surface area contributed by atoms with Crippen LogP contribution in [-0.4, -0.2) is 40.5 Å². The van der Waals surface area contributed by atoms with Crippen LogP contribution in [0.15, 0.2) is 65.8 Å². The maximum atomic E-state index is 13.1. The Balaban J connectivity index is 1.57. The Hall–Kier alpha value is -2.64. The minimum absolute atomic E-state index is 0.0341. The Labute approximate surface area is 151 Å². The second-order valence-corrected chi connectivity index (χ2v) is 8.68. The highest BCUT2D eigenvalue weighted by atomic mass is 32.2. The van der Waals surface area contributed by atoms with E-state index in [1.54, 1.807) is 6.20 Å². The van der Waals surface area contributed by atoms with E-state index in [0.29, 0.717) is 13.1 Å². The van der Waals surface area contributed by atoms with Gasteiger partial charge in [0.2, 0.25) is 10.0 Å². The number of hydrogen-bond donors (Lipinski definition) is 1. The molecule has 2 aromatic carbocycles. The molecule has 1 saturated heterocycles. The van der Waals surface area contributed by atoms with E-state index in [4.69, 9.17) is 0 Å². The Kier molecular flexibility index (Phi) is 3.26. The second kappa shape index (κ2) is 5.43. The summed E-state index contributed by atoms with van der Waals surface area (Å²) in [5.41, 5.74) is 2.23. The van der Waals surface area contributed by atoms with Crippen molar-refractivity contribution in [2.45, 2.75) is 16.7 Å². The first-order valence-electron chi connectivity index (χ1n) is 8.47. The van der Waals surface area contributed by atoms with E-state index in [1.165, 1.54) is 28.6 Å². The van der Waals surface area contributed by atoms with Crippen molar-refractivity contribution in [3.05, 3.63) is 72.3 Å². The number of para-hydroxylation sites is 1. The highest BCUT2D eigenvalue weighted by Gasteiger charge is 2.45. The lowest BCUT2D eigenvalue weighted by Crippen LogP contribution is -2.29. The first-order valence-corrected chi connectivity index (χ1v) is 9.91. The minimum atomic E-state index is -3.62. The highest BCUT2D eigenvalue weighted by Crippen LogP contribution is 2.46. The molecule has 0 spiro atoms. The zero-order valence-electron chi connectivity index (χ0n) is 13.9. The Morgan fingerprint density at radius 2 is 1.73 bits per heavy atom. The third-order valence-corrected chi connectivity index (χ3v) is 7.20. The number of sulfonamides is 1. The van der Waals surface area contributed by atoms with Crippen LogP contribution in [0.5, 0.6) is 5.75 Å². The molecule has 0 aliphatic carbocycles. The van der Waals surface area contributed by atoms with Gasteiger partial charge in [0, 0.05) is 37.3 Å². The zero-order valence-corrected chi connectivity index (χ0v) is 14.7. The fraction of sp³-hybridized carbons (Fsp3) is 0.211. The molecule has 2 atom stereocenters. The zero-order chi connectivity index (χ0) is 17.9. The van der Waals surface area contributed by atoms with Gasteiger partial charge in [0.15, 0.2) is 0 Å². The minimum Gasteiger partial charge on any atom is -0.508 e. The molecular weight excluding hydrogens is 350 g/mol. The molecule has 2 aliphatic heterocycles. The van der Waals surface area contributed by atoms with Crippen molar-refractivity contribution in [1.82, 2.24) is 13.9 Å². The molecule has 1 aromatic heterocycles. The Morgan fingerprint density at radius 3 is 2.54 bits per heavy atom. The number of nitrogens with zero attached hydrogens (tertiary/aromatic N) is 3. The summed E-state index contributed by atoms with van der Waals surface area (Å²) in [6, 6.07) is 13.8. The molecule has 7 heteroatoms. The summed E-state index contributed by atoms with van der Waals surface area (Å²) in [6.07, 6.45) is 3.70. The van der Waals surface area contributed by atoms with Crippen molar-refractivity contribution in [1.29, 1.82) is 0 Å². The first kappa shape index (κ1) is 15.6. The quantitative estimate of drug-likeness (QED) is 0.755. The fourth-order valence-electron chi connectivity index (χ4n) is 4.12. The third kappa shape index (κ3) is 2.14. The number of fused-ring (bicyclic) bond motifs is 6. The number of benzene rings is 2. The monoisotopic (exact) mass is 367 g/mol. The maximum Gasteiger partial charge on any atom is 0.243 e. The van der Waals surface area contributed by atoms with Gasteiger partial charge in [-0.2, -0.15) is 4.31 Å². The number of rotatable bonds is 2. The van der Waals surface area contributed by atoms with Gasteiger partial charge in [-0.3, -0.25) is 0 Å². The molecule has 6 nitrogen and oxygen atoms in total. The Morgan fingerprint density at radius 1 is 1.00 bits per heavy atom. The van der Waals surface area contributed by atoms with Gasteiger partial charge >= 0.3 is 0 Å². The largest absolute Gasteiger partial charge is 0.508 e. The average molecular weight is 367 g/mol. The maximum absolute atomic E-state index is 13.1. The predicted octanol–water partition coefficient (Wildman–Crippen LogP) is 2.46. The van der Waals surface area contributed by atoms with Crippen molar-refractivity contribution in [2.75, 3.05) is 13.1 Å². The van der Waals surface area contributed by atoms with E-state index in [2.05, 4.69) is 15.6 Å². The van der Waals surface area contributed by atoms with Gasteiger partial charge in [0.1, 0.15) is 11.6 Å². The summed E-state index contributed by atoms with van der Waals surface area (Å²) in [6.45, 7) is 0.830. The van der Waals surface area contributed by atoms with Gasteiger partial charge in [0.05, 0.1) is 10.6 Å². The topological polar surface area (TPSA) is 75.4 Å². The van der Waals surface area contributed by atoms with Gasteiger partial charge in [-0.25, -0.2) is 13.4 Å². The van der Waals surface area contributed by atoms with Crippen molar-refractivity contribution in [3.8, 4) is 11.4 Å². The summed E-state index contributed by atoms with van der Waals surface area (Å²) in [4.78, 5) is 4.71. The smallest absolute Gasteiger partial charge is 0.243 e. The van der Waals surface area contributed by atoms with Gasteiger partial charge in [-0.15, -0.1) is 0 Å².